The highest BCUT2D eigenvalue weighted by Gasteiger charge is 2.15. The number of hydrogen-bond acceptors (Lipinski definition) is 3. The monoisotopic (exact) mass is 248 g/mol. The van der Waals surface area contributed by atoms with E-state index in [2.05, 4.69) is 5.32 Å². The predicted octanol–water partition coefficient (Wildman–Crippen LogP) is 4.04. The van der Waals surface area contributed by atoms with E-state index in [4.69, 9.17) is 0 Å². The number of anilines is 1. The van der Waals surface area contributed by atoms with Crippen molar-refractivity contribution in [1.82, 2.24) is 0 Å². The maximum Gasteiger partial charge on any atom is 0.274 e. The van der Waals surface area contributed by atoms with Crippen molar-refractivity contribution in [2.45, 2.75) is 51.5 Å². The Balaban J connectivity index is 2.08. The third-order valence-electron chi connectivity index (χ3n) is 3.63. The molecule has 2 rings (SSSR count). The van der Waals surface area contributed by atoms with Gasteiger partial charge in [-0.3, -0.25) is 10.1 Å². The van der Waals surface area contributed by atoms with Crippen LogP contribution in [0.3, 0.4) is 0 Å². The van der Waals surface area contributed by atoms with Gasteiger partial charge in [-0.25, -0.2) is 0 Å². The van der Waals surface area contributed by atoms with E-state index < -0.39 is 0 Å². The first-order chi connectivity index (χ1) is 8.66. The summed E-state index contributed by atoms with van der Waals surface area (Å²) in [4.78, 5) is 10.6. The molecule has 4 nitrogen and oxygen atoms in total. The Labute approximate surface area is 108 Å². The molecule has 0 atom stereocenters. The minimum absolute atomic E-state index is 0.202. The van der Waals surface area contributed by atoms with Gasteiger partial charge in [0, 0.05) is 23.4 Å². The summed E-state index contributed by atoms with van der Waals surface area (Å²) in [7, 11) is 0. The molecule has 0 bridgehead atoms. The second kappa shape index (κ2) is 5.85. The molecule has 0 aromatic heterocycles. The molecule has 98 valence electrons. The normalized spacial score (nSPS) is 17.2. The van der Waals surface area contributed by atoms with Gasteiger partial charge >= 0.3 is 0 Å². The van der Waals surface area contributed by atoms with Crippen LogP contribution < -0.4 is 5.32 Å². The van der Waals surface area contributed by atoms with Crippen LogP contribution in [0.15, 0.2) is 18.2 Å². The number of hydrogen-bond donors (Lipinski definition) is 1. The van der Waals surface area contributed by atoms with E-state index >= 15 is 0 Å². The second-order valence-corrected chi connectivity index (χ2v) is 5.09. The number of benzene rings is 1. The largest absolute Gasteiger partial charge is 0.382 e. The average molecular weight is 248 g/mol. The summed E-state index contributed by atoms with van der Waals surface area (Å²) < 4.78 is 0. The zero-order valence-electron chi connectivity index (χ0n) is 10.8. The number of nitrogens with one attached hydrogen (secondary N) is 1. The molecule has 0 heterocycles. The van der Waals surface area contributed by atoms with E-state index in [-0.39, 0.29) is 10.6 Å². The molecule has 0 radical (unpaired) electrons. The number of nitro groups is 1. The predicted molar refractivity (Wildman–Crippen MR) is 72.9 cm³/mol. The molecule has 1 saturated carbocycles. The molecule has 0 unspecified atom stereocenters. The molecular formula is C14H20N2O2. The van der Waals surface area contributed by atoms with E-state index in [9.17, 15) is 10.1 Å². The number of rotatable bonds is 3. The summed E-state index contributed by atoms with van der Waals surface area (Å²) >= 11 is 0. The number of nitro benzene ring substituents is 1. The Morgan fingerprint density at radius 2 is 1.89 bits per heavy atom. The minimum Gasteiger partial charge on any atom is -0.382 e. The zero-order valence-corrected chi connectivity index (χ0v) is 10.8. The molecule has 1 aliphatic carbocycles. The maximum absolute atomic E-state index is 10.9. The van der Waals surface area contributed by atoms with Gasteiger partial charge in [0.15, 0.2) is 0 Å². The SMILES string of the molecule is Cc1ccc(NC2CCCCCC2)cc1[N+](=O)[O-]. The Bertz CT molecular complexity index is 424. The highest BCUT2D eigenvalue weighted by atomic mass is 16.6. The Hall–Kier alpha value is -1.58. The molecule has 18 heavy (non-hydrogen) atoms. The highest BCUT2D eigenvalue weighted by molar-refractivity contribution is 5.55. The minimum atomic E-state index is -0.312. The standard InChI is InChI=1S/C14H20N2O2/c1-11-8-9-13(10-14(11)16(17)18)15-12-6-4-2-3-5-7-12/h8-10,12,15H,2-7H2,1H3. The number of nitrogens with zero attached hydrogens (tertiary/aromatic N) is 1. The molecule has 1 N–H and O–H groups in total. The third kappa shape index (κ3) is 3.22. The fraction of sp³-hybridized carbons (Fsp3) is 0.571. The van der Waals surface area contributed by atoms with Crippen LogP contribution in [0.25, 0.3) is 0 Å². The van der Waals surface area contributed by atoms with Gasteiger partial charge in [0.05, 0.1) is 4.92 Å². The van der Waals surface area contributed by atoms with E-state index in [0.29, 0.717) is 11.6 Å². The molecular weight excluding hydrogens is 228 g/mol. The maximum atomic E-state index is 10.9. The third-order valence-corrected chi connectivity index (χ3v) is 3.63. The fourth-order valence-corrected chi connectivity index (χ4v) is 2.56. The lowest BCUT2D eigenvalue weighted by molar-refractivity contribution is -0.385. The summed E-state index contributed by atoms with van der Waals surface area (Å²) in [5.74, 6) is 0. The van der Waals surface area contributed by atoms with Gasteiger partial charge in [0.1, 0.15) is 0 Å². The molecule has 1 aliphatic rings. The molecule has 1 fully saturated rings. The van der Waals surface area contributed by atoms with Crippen LogP contribution in [0.1, 0.15) is 44.1 Å². The van der Waals surface area contributed by atoms with Crippen LogP contribution in [-0.4, -0.2) is 11.0 Å². The highest BCUT2D eigenvalue weighted by Crippen LogP contribution is 2.25. The van der Waals surface area contributed by atoms with Crippen molar-refractivity contribution in [2.24, 2.45) is 0 Å². The van der Waals surface area contributed by atoms with Crippen molar-refractivity contribution < 1.29 is 4.92 Å². The van der Waals surface area contributed by atoms with E-state index in [1.54, 1.807) is 13.0 Å². The van der Waals surface area contributed by atoms with Crippen LogP contribution in [0.5, 0.6) is 0 Å². The number of aryl methyl sites for hydroxylation is 1. The Morgan fingerprint density at radius 1 is 1.22 bits per heavy atom. The molecule has 0 spiro atoms. The molecule has 0 amide bonds. The summed E-state index contributed by atoms with van der Waals surface area (Å²) in [5.41, 5.74) is 1.79. The molecule has 1 aromatic carbocycles. The lowest BCUT2D eigenvalue weighted by Crippen LogP contribution is -2.18. The summed E-state index contributed by atoms with van der Waals surface area (Å²) in [6.45, 7) is 1.77. The Kier molecular flexibility index (Phi) is 4.18. The van der Waals surface area contributed by atoms with Crippen molar-refractivity contribution in [3.05, 3.63) is 33.9 Å². The Morgan fingerprint density at radius 3 is 2.50 bits per heavy atom. The van der Waals surface area contributed by atoms with Crippen molar-refractivity contribution in [3.8, 4) is 0 Å². The quantitative estimate of drug-likeness (QED) is 0.499. The average Bonchev–Trinajstić information content (AvgIpc) is 2.60. The van der Waals surface area contributed by atoms with Gasteiger partial charge in [-0.2, -0.15) is 0 Å². The van der Waals surface area contributed by atoms with Crippen LogP contribution in [0.2, 0.25) is 0 Å². The lowest BCUT2D eigenvalue weighted by atomic mass is 10.1. The van der Waals surface area contributed by atoms with E-state index in [1.807, 2.05) is 12.1 Å². The molecule has 4 heteroatoms. The van der Waals surface area contributed by atoms with Crippen LogP contribution in [0, 0.1) is 17.0 Å². The van der Waals surface area contributed by atoms with Gasteiger partial charge in [0.2, 0.25) is 0 Å². The van der Waals surface area contributed by atoms with Gasteiger partial charge in [0.25, 0.3) is 5.69 Å². The topological polar surface area (TPSA) is 55.2 Å². The second-order valence-electron chi connectivity index (χ2n) is 5.09. The van der Waals surface area contributed by atoms with E-state index in [0.717, 1.165) is 5.69 Å². The van der Waals surface area contributed by atoms with Crippen LogP contribution >= 0.6 is 0 Å². The van der Waals surface area contributed by atoms with Gasteiger partial charge < -0.3 is 5.32 Å². The van der Waals surface area contributed by atoms with Gasteiger partial charge in [-0.1, -0.05) is 31.7 Å². The van der Waals surface area contributed by atoms with Crippen molar-refractivity contribution >= 4 is 11.4 Å². The first kappa shape index (κ1) is 12.9. The summed E-state index contributed by atoms with van der Waals surface area (Å²) in [6.07, 6.45) is 7.47. The van der Waals surface area contributed by atoms with Crippen molar-refractivity contribution in [1.29, 1.82) is 0 Å². The summed E-state index contributed by atoms with van der Waals surface area (Å²) in [5, 5.41) is 14.3. The van der Waals surface area contributed by atoms with E-state index in [1.165, 1.54) is 38.5 Å². The van der Waals surface area contributed by atoms with Crippen molar-refractivity contribution in [3.63, 3.8) is 0 Å². The zero-order chi connectivity index (χ0) is 13.0. The summed E-state index contributed by atoms with van der Waals surface area (Å²) in [6, 6.07) is 5.87. The molecule has 0 saturated heterocycles. The van der Waals surface area contributed by atoms with Crippen molar-refractivity contribution in [2.75, 3.05) is 5.32 Å². The molecule has 0 aliphatic heterocycles. The van der Waals surface area contributed by atoms with Crippen LogP contribution in [-0.2, 0) is 0 Å². The van der Waals surface area contributed by atoms with Gasteiger partial charge in [-0.05, 0) is 25.8 Å². The lowest BCUT2D eigenvalue weighted by Gasteiger charge is -2.17. The van der Waals surface area contributed by atoms with Crippen LogP contribution in [0.4, 0.5) is 11.4 Å². The molecule has 1 aromatic rings. The smallest absolute Gasteiger partial charge is 0.274 e. The first-order valence-electron chi connectivity index (χ1n) is 6.68. The fourth-order valence-electron chi connectivity index (χ4n) is 2.56. The van der Waals surface area contributed by atoms with Gasteiger partial charge in [-0.15, -0.1) is 0 Å². The first-order valence-corrected chi connectivity index (χ1v) is 6.68.